The molecule has 0 bridgehead atoms. The number of ether oxygens (including phenoxy) is 1. The van der Waals surface area contributed by atoms with Crippen molar-refractivity contribution in [1.29, 1.82) is 0 Å². The Morgan fingerprint density at radius 2 is 1.62 bits per heavy atom. The van der Waals surface area contributed by atoms with E-state index in [1.54, 1.807) is 7.11 Å². The van der Waals surface area contributed by atoms with Crippen molar-refractivity contribution in [2.24, 2.45) is 0 Å². The fraction of sp³-hybridized carbons (Fsp3) is 0.300. The first kappa shape index (κ1) is 17.9. The molecule has 0 saturated carbocycles. The molecule has 0 atom stereocenters. The number of benzene rings is 2. The molecule has 0 aliphatic carbocycles. The van der Waals surface area contributed by atoms with Crippen LogP contribution in [0.2, 0.25) is 0 Å². The van der Waals surface area contributed by atoms with Crippen LogP contribution in [-0.4, -0.2) is 61.4 Å². The van der Waals surface area contributed by atoms with E-state index in [0.717, 1.165) is 0 Å². The number of anilines is 1. The summed E-state index contributed by atoms with van der Waals surface area (Å²) < 4.78 is 5.25. The van der Waals surface area contributed by atoms with Gasteiger partial charge in [0, 0.05) is 31.7 Å². The molecule has 2 aromatic carbocycles. The summed E-state index contributed by atoms with van der Waals surface area (Å²) in [7, 11) is 1.58. The van der Waals surface area contributed by atoms with Crippen LogP contribution in [0, 0.1) is 0 Å². The Bertz CT molecular complexity index is 756. The maximum atomic E-state index is 12.5. The average molecular weight is 353 g/mol. The van der Waals surface area contributed by atoms with Crippen LogP contribution in [0.4, 0.5) is 5.69 Å². The number of hydrogen-bond acceptors (Lipinski definition) is 4. The van der Waals surface area contributed by atoms with Gasteiger partial charge in [-0.25, -0.2) is 0 Å². The normalized spacial score (nSPS) is 14.7. The Balaban J connectivity index is 1.49. The van der Waals surface area contributed by atoms with E-state index in [9.17, 15) is 9.59 Å². The fourth-order valence-electron chi connectivity index (χ4n) is 3.01. The molecule has 1 aliphatic heterocycles. The summed E-state index contributed by atoms with van der Waals surface area (Å²) in [6.07, 6.45) is 0. The molecule has 1 N–H and O–H groups in total. The van der Waals surface area contributed by atoms with Crippen LogP contribution in [0.15, 0.2) is 54.6 Å². The molecule has 3 rings (SSSR count). The lowest BCUT2D eigenvalue weighted by Crippen LogP contribution is -2.50. The summed E-state index contributed by atoms with van der Waals surface area (Å²) in [5, 5.41) is 2.88. The number of methoxy groups -OCH3 is 1. The van der Waals surface area contributed by atoms with Gasteiger partial charge in [0.2, 0.25) is 5.91 Å². The smallest absolute Gasteiger partial charge is 0.253 e. The molecular weight excluding hydrogens is 330 g/mol. The minimum atomic E-state index is -0.0858. The first-order valence-electron chi connectivity index (χ1n) is 8.67. The lowest BCUT2D eigenvalue weighted by Gasteiger charge is -2.34. The average Bonchev–Trinajstić information content (AvgIpc) is 2.69. The highest BCUT2D eigenvalue weighted by Gasteiger charge is 2.23. The number of nitrogens with one attached hydrogen (secondary N) is 1. The summed E-state index contributed by atoms with van der Waals surface area (Å²) in [4.78, 5) is 28.6. The van der Waals surface area contributed by atoms with Gasteiger partial charge in [-0.3, -0.25) is 14.5 Å². The van der Waals surface area contributed by atoms with Gasteiger partial charge in [0.05, 0.1) is 19.3 Å². The Labute approximate surface area is 153 Å². The zero-order valence-corrected chi connectivity index (χ0v) is 14.9. The van der Waals surface area contributed by atoms with Crippen LogP contribution in [0.1, 0.15) is 10.4 Å². The van der Waals surface area contributed by atoms with Gasteiger partial charge in [-0.1, -0.05) is 30.3 Å². The molecule has 1 saturated heterocycles. The molecule has 2 aromatic rings. The lowest BCUT2D eigenvalue weighted by atomic mass is 10.2. The number of piperazine rings is 1. The van der Waals surface area contributed by atoms with Crippen LogP contribution in [-0.2, 0) is 4.79 Å². The van der Waals surface area contributed by atoms with Gasteiger partial charge in [0.1, 0.15) is 5.75 Å². The van der Waals surface area contributed by atoms with E-state index < -0.39 is 0 Å². The second-order valence-electron chi connectivity index (χ2n) is 6.18. The number of nitrogens with zero attached hydrogens (tertiary/aromatic N) is 2. The van der Waals surface area contributed by atoms with Crippen molar-refractivity contribution in [3.05, 3.63) is 60.2 Å². The van der Waals surface area contributed by atoms with Crippen LogP contribution >= 0.6 is 0 Å². The predicted molar refractivity (Wildman–Crippen MR) is 100 cm³/mol. The van der Waals surface area contributed by atoms with Crippen LogP contribution in [0.25, 0.3) is 0 Å². The number of amides is 2. The summed E-state index contributed by atoms with van der Waals surface area (Å²) in [5.41, 5.74) is 1.37. The van der Waals surface area contributed by atoms with Gasteiger partial charge in [-0.2, -0.15) is 0 Å². The summed E-state index contributed by atoms with van der Waals surface area (Å²) in [5.74, 6) is 0.597. The largest absolute Gasteiger partial charge is 0.495 e. The molecule has 6 nitrogen and oxygen atoms in total. The minimum absolute atomic E-state index is 0.0451. The Kier molecular flexibility index (Phi) is 5.86. The third-order valence-electron chi connectivity index (χ3n) is 4.43. The van der Waals surface area contributed by atoms with E-state index in [2.05, 4.69) is 10.2 Å². The van der Waals surface area contributed by atoms with Gasteiger partial charge in [-0.15, -0.1) is 0 Å². The van der Waals surface area contributed by atoms with E-state index in [1.807, 2.05) is 59.5 Å². The molecular formula is C20H23N3O3. The maximum Gasteiger partial charge on any atom is 0.253 e. The van der Waals surface area contributed by atoms with Gasteiger partial charge >= 0.3 is 0 Å². The van der Waals surface area contributed by atoms with E-state index in [4.69, 9.17) is 4.74 Å². The zero-order chi connectivity index (χ0) is 18.4. The minimum Gasteiger partial charge on any atom is -0.495 e. The first-order chi connectivity index (χ1) is 12.7. The van der Waals surface area contributed by atoms with Crippen molar-refractivity contribution in [1.82, 2.24) is 9.80 Å². The lowest BCUT2D eigenvalue weighted by molar-refractivity contribution is -0.117. The zero-order valence-electron chi connectivity index (χ0n) is 14.9. The second kappa shape index (κ2) is 8.49. The molecule has 1 fully saturated rings. The predicted octanol–water partition coefficient (Wildman–Crippen LogP) is 2.09. The van der Waals surface area contributed by atoms with Gasteiger partial charge < -0.3 is 15.0 Å². The maximum absolute atomic E-state index is 12.5. The topological polar surface area (TPSA) is 61.9 Å². The van der Waals surface area contributed by atoms with Gasteiger partial charge in [0.15, 0.2) is 0 Å². The molecule has 0 unspecified atom stereocenters. The van der Waals surface area contributed by atoms with Crippen molar-refractivity contribution >= 4 is 17.5 Å². The van der Waals surface area contributed by atoms with Gasteiger partial charge in [0.25, 0.3) is 5.91 Å². The molecule has 1 aliphatic rings. The quantitative estimate of drug-likeness (QED) is 0.894. The highest BCUT2D eigenvalue weighted by Crippen LogP contribution is 2.22. The Morgan fingerprint density at radius 1 is 0.962 bits per heavy atom. The van der Waals surface area contributed by atoms with Gasteiger partial charge in [-0.05, 0) is 24.3 Å². The molecule has 26 heavy (non-hydrogen) atoms. The molecule has 0 radical (unpaired) electrons. The Morgan fingerprint density at radius 3 is 2.31 bits per heavy atom. The monoisotopic (exact) mass is 353 g/mol. The molecule has 136 valence electrons. The highest BCUT2D eigenvalue weighted by molar-refractivity contribution is 5.95. The van der Waals surface area contributed by atoms with Crippen molar-refractivity contribution in [2.45, 2.75) is 0 Å². The van der Waals surface area contributed by atoms with Crippen molar-refractivity contribution in [3.63, 3.8) is 0 Å². The fourth-order valence-corrected chi connectivity index (χ4v) is 3.01. The van der Waals surface area contributed by atoms with Crippen LogP contribution < -0.4 is 10.1 Å². The number of hydrogen-bond donors (Lipinski definition) is 1. The molecule has 6 heteroatoms. The van der Waals surface area contributed by atoms with E-state index in [-0.39, 0.29) is 11.8 Å². The number of carbonyl (C=O) groups is 2. The van der Waals surface area contributed by atoms with E-state index in [0.29, 0.717) is 49.7 Å². The second-order valence-corrected chi connectivity index (χ2v) is 6.18. The van der Waals surface area contributed by atoms with Crippen molar-refractivity contribution < 1.29 is 14.3 Å². The first-order valence-corrected chi connectivity index (χ1v) is 8.67. The Hall–Kier alpha value is -2.86. The standard InChI is InChI=1S/C20H23N3O3/c1-26-18-10-6-5-9-17(18)21-19(24)15-22-11-13-23(14-12-22)20(25)16-7-3-2-4-8-16/h2-10H,11-15H2,1H3,(H,21,24). The van der Waals surface area contributed by atoms with Crippen LogP contribution in [0.3, 0.4) is 0 Å². The summed E-state index contributed by atoms with van der Waals surface area (Å²) in [6.45, 7) is 2.90. The number of para-hydroxylation sites is 2. The number of carbonyl (C=O) groups excluding carboxylic acids is 2. The molecule has 0 aromatic heterocycles. The molecule has 1 heterocycles. The molecule has 0 spiro atoms. The van der Waals surface area contributed by atoms with E-state index >= 15 is 0 Å². The summed E-state index contributed by atoms with van der Waals surface area (Å²) >= 11 is 0. The number of rotatable bonds is 5. The van der Waals surface area contributed by atoms with Crippen LogP contribution in [0.5, 0.6) is 5.75 Å². The molecule has 2 amide bonds. The summed E-state index contributed by atoms with van der Waals surface area (Å²) in [6, 6.07) is 16.6. The third kappa shape index (κ3) is 4.40. The van der Waals surface area contributed by atoms with E-state index in [1.165, 1.54) is 0 Å². The highest BCUT2D eigenvalue weighted by atomic mass is 16.5. The third-order valence-corrected chi connectivity index (χ3v) is 4.43. The van der Waals surface area contributed by atoms with Crippen molar-refractivity contribution in [2.75, 3.05) is 45.2 Å². The van der Waals surface area contributed by atoms with Crippen molar-refractivity contribution in [3.8, 4) is 5.75 Å². The SMILES string of the molecule is COc1ccccc1NC(=O)CN1CCN(C(=O)c2ccccc2)CC1.